The highest BCUT2D eigenvalue weighted by molar-refractivity contribution is 7.94. The molecule has 1 aromatic rings. The number of nitrogens with one attached hydrogen (secondary N) is 1. The van der Waals surface area contributed by atoms with E-state index in [1.807, 2.05) is 27.7 Å². The first-order valence-corrected chi connectivity index (χ1v) is 8.97. The fourth-order valence-corrected chi connectivity index (χ4v) is 2.03. The highest BCUT2D eigenvalue weighted by Crippen LogP contribution is 2.14. The number of halogens is 1. The molecule has 0 radical (unpaired) electrons. The van der Waals surface area contributed by atoms with Crippen molar-refractivity contribution >= 4 is 23.7 Å². The predicted octanol–water partition coefficient (Wildman–Crippen LogP) is 3.73. The Hall–Kier alpha value is -1.73. The molecule has 0 aliphatic rings. The molecular weight excluding hydrogens is 327 g/mol. The molecule has 0 spiro atoms. The maximum Gasteiger partial charge on any atom is 0.251 e. The van der Waals surface area contributed by atoms with E-state index in [9.17, 15) is 8.68 Å². The van der Waals surface area contributed by atoms with Gasteiger partial charge >= 0.3 is 0 Å². The van der Waals surface area contributed by atoms with Gasteiger partial charge in [-0.25, -0.2) is 5.84 Å². The van der Waals surface area contributed by atoms with Gasteiger partial charge in [0.05, 0.1) is 5.69 Å². The number of anilines is 1. The van der Waals surface area contributed by atoms with E-state index in [1.165, 1.54) is 5.01 Å². The minimum atomic E-state index is -0.121. The number of benzene rings is 1. The van der Waals surface area contributed by atoms with E-state index in [4.69, 9.17) is 11.6 Å². The molecule has 7 heteroatoms. The molecule has 0 atom stereocenters. The van der Waals surface area contributed by atoms with E-state index in [-0.39, 0.29) is 11.9 Å². The van der Waals surface area contributed by atoms with Crippen molar-refractivity contribution < 1.29 is 8.68 Å². The Morgan fingerprint density at radius 2 is 1.92 bits per heavy atom. The summed E-state index contributed by atoms with van der Waals surface area (Å²) in [7, 11) is 0. The molecule has 1 aromatic carbocycles. The maximum absolute atomic E-state index is 11.9. The number of carbonyl (C=O) groups is 1. The van der Waals surface area contributed by atoms with Crippen LogP contribution in [-0.4, -0.2) is 17.7 Å². The number of nitrogens with zero attached hydrogens (tertiary/aromatic N) is 1. The number of rotatable bonds is 8. The summed E-state index contributed by atoms with van der Waals surface area (Å²) in [4.78, 5) is 11.8. The van der Waals surface area contributed by atoms with Gasteiger partial charge in [0.1, 0.15) is 0 Å². The van der Waals surface area contributed by atoms with Gasteiger partial charge in [0.25, 0.3) is 5.91 Å². The molecular formula is C17H29FN4OS. The molecule has 0 heterocycles. The quantitative estimate of drug-likeness (QED) is 0.375. The first kappa shape index (κ1) is 22.3. The molecule has 1 rings (SSSR count). The lowest BCUT2D eigenvalue weighted by atomic mass is 10.2. The molecule has 0 saturated carbocycles. The standard InChI is InChI=1S/C15H23FN4OS.C2H6/c1-11(2)19-15(21)12-5-7-14(8-6-12)20(18)10-13(17)4-3-9-22-16;1-2/h5-8,10-11H,3-4,9,17-18H2,1-2H3,(H,19,21);1-2H3/b13-10-;. The third kappa shape index (κ3) is 8.79. The summed E-state index contributed by atoms with van der Waals surface area (Å²) in [6.07, 6.45) is 2.84. The van der Waals surface area contributed by atoms with Crippen LogP contribution in [0.5, 0.6) is 0 Å². The van der Waals surface area contributed by atoms with Crippen LogP contribution < -0.4 is 21.9 Å². The average Bonchev–Trinajstić information content (AvgIpc) is 2.56. The van der Waals surface area contributed by atoms with Crippen LogP contribution in [0.15, 0.2) is 36.2 Å². The second-order valence-corrected chi connectivity index (χ2v) is 5.83. The predicted molar refractivity (Wildman–Crippen MR) is 102 cm³/mol. The Kier molecular flexibility index (Phi) is 11.8. The van der Waals surface area contributed by atoms with Gasteiger partial charge in [0.2, 0.25) is 0 Å². The normalized spacial score (nSPS) is 10.9. The SMILES string of the molecule is CC.CC(C)NC(=O)c1ccc(N(N)/C=C(\N)CCCSF)cc1. The second-order valence-electron chi connectivity index (χ2n) is 5.20. The number of carbonyl (C=O) groups excluding carboxylic acids is 1. The molecule has 136 valence electrons. The maximum atomic E-state index is 11.9. The lowest BCUT2D eigenvalue weighted by Gasteiger charge is -2.16. The lowest BCUT2D eigenvalue weighted by Crippen LogP contribution is -2.30. The molecule has 0 bridgehead atoms. The van der Waals surface area contributed by atoms with Crippen molar-refractivity contribution in [1.29, 1.82) is 0 Å². The first-order chi connectivity index (χ1) is 11.4. The van der Waals surface area contributed by atoms with Crippen LogP contribution in [0.2, 0.25) is 0 Å². The Balaban J connectivity index is 0.00000254. The van der Waals surface area contributed by atoms with Crippen molar-refractivity contribution in [2.75, 3.05) is 10.8 Å². The van der Waals surface area contributed by atoms with Gasteiger partial charge in [0, 0.05) is 41.4 Å². The molecule has 0 fully saturated rings. The van der Waals surface area contributed by atoms with Crippen molar-refractivity contribution in [3.8, 4) is 0 Å². The van der Waals surface area contributed by atoms with Crippen LogP contribution in [0, 0.1) is 0 Å². The first-order valence-electron chi connectivity index (χ1n) is 8.08. The van der Waals surface area contributed by atoms with Crippen LogP contribution in [0.1, 0.15) is 50.9 Å². The zero-order chi connectivity index (χ0) is 18.5. The van der Waals surface area contributed by atoms with Crippen LogP contribution in [0.4, 0.5) is 9.57 Å². The number of nitrogens with two attached hydrogens (primary N) is 2. The molecule has 0 aromatic heterocycles. The summed E-state index contributed by atoms with van der Waals surface area (Å²) in [6, 6.07) is 6.99. The monoisotopic (exact) mass is 356 g/mol. The van der Waals surface area contributed by atoms with E-state index in [2.05, 4.69) is 5.32 Å². The number of hydrogen-bond donors (Lipinski definition) is 3. The van der Waals surface area contributed by atoms with Crippen molar-refractivity contribution in [2.45, 2.75) is 46.6 Å². The molecule has 0 aliphatic carbocycles. The summed E-state index contributed by atoms with van der Waals surface area (Å²) in [5, 5.41) is 4.21. The Morgan fingerprint density at radius 3 is 2.42 bits per heavy atom. The molecule has 0 aliphatic heterocycles. The van der Waals surface area contributed by atoms with E-state index < -0.39 is 0 Å². The molecule has 1 amide bonds. The van der Waals surface area contributed by atoms with Crippen LogP contribution in [0.25, 0.3) is 0 Å². The Labute approximate surface area is 148 Å². The van der Waals surface area contributed by atoms with E-state index >= 15 is 0 Å². The second kappa shape index (κ2) is 12.7. The fraction of sp³-hybridized carbons (Fsp3) is 0.471. The fourth-order valence-electron chi connectivity index (χ4n) is 1.78. The summed E-state index contributed by atoms with van der Waals surface area (Å²) in [5.74, 6) is 6.20. The zero-order valence-electron chi connectivity index (χ0n) is 14.9. The van der Waals surface area contributed by atoms with Gasteiger partial charge in [-0.05, 0) is 51.0 Å². The smallest absolute Gasteiger partial charge is 0.251 e. The average molecular weight is 357 g/mol. The number of hydrogen-bond acceptors (Lipinski definition) is 5. The van der Waals surface area contributed by atoms with E-state index in [1.54, 1.807) is 30.5 Å². The van der Waals surface area contributed by atoms with Gasteiger partial charge in [-0.2, -0.15) is 3.89 Å². The number of amides is 1. The molecule has 0 unspecified atom stereocenters. The van der Waals surface area contributed by atoms with Gasteiger partial charge < -0.3 is 11.1 Å². The van der Waals surface area contributed by atoms with Crippen molar-refractivity contribution in [3.63, 3.8) is 0 Å². The zero-order valence-corrected chi connectivity index (χ0v) is 15.7. The van der Waals surface area contributed by atoms with E-state index in [0.29, 0.717) is 47.7 Å². The minimum absolute atomic E-state index is 0.0865. The summed E-state index contributed by atoms with van der Waals surface area (Å²) in [6.45, 7) is 7.81. The summed E-state index contributed by atoms with van der Waals surface area (Å²) in [5.41, 5.74) is 7.69. The van der Waals surface area contributed by atoms with Gasteiger partial charge in [0.15, 0.2) is 0 Å². The molecule has 0 saturated heterocycles. The highest BCUT2D eigenvalue weighted by Gasteiger charge is 2.07. The third-order valence-electron chi connectivity index (χ3n) is 2.84. The van der Waals surface area contributed by atoms with Crippen LogP contribution >= 0.6 is 12.1 Å². The third-order valence-corrected chi connectivity index (χ3v) is 3.28. The van der Waals surface area contributed by atoms with Gasteiger partial charge in [-0.1, -0.05) is 13.8 Å². The van der Waals surface area contributed by atoms with E-state index in [0.717, 1.165) is 0 Å². The van der Waals surface area contributed by atoms with Crippen molar-refractivity contribution in [2.24, 2.45) is 11.6 Å². The topological polar surface area (TPSA) is 84.4 Å². The van der Waals surface area contributed by atoms with Gasteiger partial charge in [-0.15, -0.1) is 0 Å². The summed E-state index contributed by atoms with van der Waals surface area (Å²) >= 11 is 0.302. The van der Waals surface area contributed by atoms with Gasteiger partial charge in [-0.3, -0.25) is 9.80 Å². The highest BCUT2D eigenvalue weighted by atomic mass is 32.2. The minimum Gasteiger partial charge on any atom is -0.401 e. The lowest BCUT2D eigenvalue weighted by molar-refractivity contribution is 0.0943. The van der Waals surface area contributed by atoms with Crippen molar-refractivity contribution in [3.05, 3.63) is 41.7 Å². The van der Waals surface area contributed by atoms with Crippen molar-refractivity contribution in [1.82, 2.24) is 5.32 Å². The molecule has 24 heavy (non-hydrogen) atoms. The molecule has 5 N–H and O–H groups in total. The summed E-state index contributed by atoms with van der Waals surface area (Å²) < 4.78 is 11.9. The Bertz CT molecular complexity index is 506. The number of allylic oxidation sites excluding steroid dienone is 1. The largest absolute Gasteiger partial charge is 0.401 e. The van der Waals surface area contributed by atoms with Crippen LogP contribution in [-0.2, 0) is 0 Å². The Morgan fingerprint density at radius 1 is 1.33 bits per heavy atom. The molecule has 5 nitrogen and oxygen atoms in total. The van der Waals surface area contributed by atoms with Crippen LogP contribution in [0.3, 0.4) is 0 Å². The number of hydrazine groups is 1.